The molecule has 0 saturated carbocycles. The van der Waals surface area contributed by atoms with Crippen LogP contribution in [0.3, 0.4) is 0 Å². The van der Waals surface area contributed by atoms with Gasteiger partial charge in [-0.1, -0.05) is 36.8 Å². The molecule has 0 spiro atoms. The molecule has 156 valence electrons. The topological polar surface area (TPSA) is 105 Å². The first-order valence-corrected chi connectivity index (χ1v) is 11.4. The summed E-state index contributed by atoms with van der Waals surface area (Å²) in [4.78, 5) is 26.5. The minimum atomic E-state index is -3.16. The van der Waals surface area contributed by atoms with E-state index in [2.05, 4.69) is 0 Å². The molecule has 0 aromatic heterocycles. The monoisotopic (exact) mass is 418 g/mol. The van der Waals surface area contributed by atoms with Crippen LogP contribution in [0.2, 0.25) is 0 Å². The van der Waals surface area contributed by atoms with E-state index in [9.17, 15) is 23.3 Å². The minimum Gasteiger partial charge on any atom is -0.451 e. The summed E-state index contributed by atoms with van der Waals surface area (Å²) in [6.07, 6.45) is 2.43. The van der Waals surface area contributed by atoms with Crippen LogP contribution in [0.25, 0.3) is 6.08 Å². The van der Waals surface area contributed by atoms with Crippen LogP contribution in [0, 0.1) is 18.3 Å². The zero-order chi connectivity index (χ0) is 21.6. The Morgan fingerprint density at radius 2 is 2.00 bits per heavy atom. The molecule has 7 nitrogen and oxygen atoms in total. The van der Waals surface area contributed by atoms with Gasteiger partial charge in [-0.15, -0.1) is 0 Å². The lowest BCUT2D eigenvalue weighted by atomic mass is 10.1. The van der Waals surface area contributed by atoms with Gasteiger partial charge in [0, 0.05) is 12.1 Å². The van der Waals surface area contributed by atoms with Crippen molar-refractivity contribution in [2.24, 2.45) is 0 Å². The average Bonchev–Trinajstić information content (AvgIpc) is 3.04. The van der Waals surface area contributed by atoms with Crippen molar-refractivity contribution in [3.8, 4) is 6.07 Å². The van der Waals surface area contributed by atoms with Gasteiger partial charge in [0.1, 0.15) is 11.6 Å². The number of hydrogen-bond acceptors (Lipinski definition) is 6. The molecule has 0 N–H and O–H groups in total. The molecular weight excluding hydrogens is 392 g/mol. The normalized spacial score (nSPS) is 19.2. The number of rotatable bonds is 7. The largest absolute Gasteiger partial charge is 0.451 e. The smallest absolute Gasteiger partial charge is 0.349 e. The van der Waals surface area contributed by atoms with Crippen LogP contribution in [0.4, 0.5) is 0 Å². The molecule has 2 atom stereocenters. The predicted octanol–water partition coefficient (Wildman–Crippen LogP) is 2.26. The van der Waals surface area contributed by atoms with Gasteiger partial charge >= 0.3 is 5.97 Å². The van der Waals surface area contributed by atoms with Crippen LogP contribution in [0.5, 0.6) is 0 Å². The Balaban J connectivity index is 2.06. The molecule has 1 aliphatic heterocycles. The van der Waals surface area contributed by atoms with Gasteiger partial charge in [-0.3, -0.25) is 4.79 Å². The Bertz CT molecular complexity index is 929. The van der Waals surface area contributed by atoms with E-state index in [1.165, 1.54) is 11.0 Å². The van der Waals surface area contributed by atoms with Crippen LogP contribution in [-0.2, 0) is 24.2 Å². The minimum absolute atomic E-state index is 0.0511. The number of hydrogen-bond donors (Lipinski definition) is 0. The molecule has 1 heterocycles. The number of sulfone groups is 1. The molecule has 1 aliphatic rings. The molecule has 29 heavy (non-hydrogen) atoms. The molecule has 1 saturated heterocycles. The molecule has 1 aromatic rings. The number of ether oxygens (including phenoxy) is 1. The number of amides is 1. The third-order valence-electron chi connectivity index (χ3n) is 5.01. The van der Waals surface area contributed by atoms with Crippen LogP contribution in [0.15, 0.2) is 29.8 Å². The summed E-state index contributed by atoms with van der Waals surface area (Å²) >= 11 is 0. The van der Waals surface area contributed by atoms with Crippen molar-refractivity contribution in [1.29, 1.82) is 5.26 Å². The number of esters is 1. The third kappa shape index (κ3) is 6.16. The lowest BCUT2D eigenvalue weighted by Crippen LogP contribution is -2.48. The lowest BCUT2D eigenvalue weighted by Gasteiger charge is -2.33. The number of aryl methyl sites for hydroxylation is 1. The maximum atomic E-state index is 12.7. The molecular formula is C21H26N2O5S. The second-order valence-corrected chi connectivity index (χ2v) is 9.50. The van der Waals surface area contributed by atoms with Gasteiger partial charge < -0.3 is 9.64 Å². The van der Waals surface area contributed by atoms with Gasteiger partial charge in [0.05, 0.1) is 11.5 Å². The van der Waals surface area contributed by atoms with Crippen molar-refractivity contribution < 1.29 is 22.7 Å². The molecule has 0 unspecified atom stereocenters. The van der Waals surface area contributed by atoms with Gasteiger partial charge in [0.15, 0.2) is 16.4 Å². The highest BCUT2D eigenvalue weighted by molar-refractivity contribution is 7.91. The standard InChI is InChI=1S/C21H26N2O5S/c1-4-16(3)23(19-9-10-29(26,27)14-19)20(24)13-28-21(25)18(12-22)11-17-7-5-15(2)6-8-17/h5-8,11,16,19H,4,9-10,13-14H2,1-3H3/b18-11+/t16-,19-/m0/s1. The molecule has 1 fully saturated rings. The fraction of sp³-hybridized carbons (Fsp3) is 0.476. The third-order valence-corrected chi connectivity index (χ3v) is 6.76. The van der Waals surface area contributed by atoms with E-state index in [1.54, 1.807) is 18.2 Å². The SMILES string of the molecule is CC[C@H](C)N(C(=O)COC(=O)/C(C#N)=C/c1ccc(C)cc1)[C@H]1CCS(=O)(=O)C1. The zero-order valence-electron chi connectivity index (χ0n) is 16.9. The first kappa shape index (κ1) is 22.6. The van der Waals surface area contributed by atoms with E-state index in [0.29, 0.717) is 18.4 Å². The number of carbonyl (C=O) groups excluding carboxylic acids is 2. The highest BCUT2D eigenvalue weighted by Gasteiger charge is 2.36. The number of benzene rings is 1. The van der Waals surface area contributed by atoms with E-state index in [-0.39, 0.29) is 23.1 Å². The molecule has 1 amide bonds. The van der Waals surface area contributed by atoms with E-state index in [4.69, 9.17) is 4.74 Å². The fourth-order valence-electron chi connectivity index (χ4n) is 3.25. The number of carbonyl (C=O) groups is 2. The first-order valence-electron chi connectivity index (χ1n) is 9.54. The molecule has 0 bridgehead atoms. The van der Waals surface area contributed by atoms with Crippen molar-refractivity contribution in [3.63, 3.8) is 0 Å². The maximum absolute atomic E-state index is 12.7. The summed E-state index contributed by atoms with van der Waals surface area (Å²) in [6, 6.07) is 8.46. The molecule has 2 rings (SSSR count). The van der Waals surface area contributed by atoms with Crippen molar-refractivity contribution in [1.82, 2.24) is 4.90 Å². The highest BCUT2D eigenvalue weighted by atomic mass is 32.2. The van der Waals surface area contributed by atoms with Gasteiger partial charge in [-0.2, -0.15) is 5.26 Å². The fourth-order valence-corrected chi connectivity index (χ4v) is 4.96. The van der Waals surface area contributed by atoms with Crippen LogP contribution in [-0.4, -0.2) is 55.4 Å². The van der Waals surface area contributed by atoms with Gasteiger partial charge in [-0.05, 0) is 38.3 Å². The van der Waals surface area contributed by atoms with Gasteiger partial charge in [0.2, 0.25) is 0 Å². The van der Waals surface area contributed by atoms with Gasteiger partial charge in [0.25, 0.3) is 5.91 Å². The summed E-state index contributed by atoms with van der Waals surface area (Å²) in [5.74, 6) is -1.37. The van der Waals surface area contributed by atoms with Crippen LogP contribution in [0.1, 0.15) is 37.8 Å². The Kier molecular flexibility index (Phi) is 7.57. The summed E-state index contributed by atoms with van der Waals surface area (Å²) in [7, 11) is -3.16. The molecule has 0 radical (unpaired) electrons. The maximum Gasteiger partial charge on any atom is 0.349 e. The second-order valence-electron chi connectivity index (χ2n) is 7.27. The predicted molar refractivity (Wildman–Crippen MR) is 109 cm³/mol. The van der Waals surface area contributed by atoms with Crippen molar-refractivity contribution in [3.05, 3.63) is 41.0 Å². The molecule has 0 aliphatic carbocycles. The number of nitriles is 1. The van der Waals surface area contributed by atoms with Crippen molar-refractivity contribution >= 4 is 27.8 Å². The second kappa shape index (κ2) is 9.70. The van der Waals surface area contributed by atoms with Gasteiger partial charge in [-0.25, -0.2) is 13.2 Å². The highest BCUT2D eigenvalue weighted by Crippen LogP contribution is 2.21. The first-order chi connectivity index (χ1) is 13.7. The number of nitrogens with zero attached hydrogens (tertiary/aromatic N) is 2. The van der Waals surface area contributed by atoms with Crippen molar-refractivity contribution in [2.75, 3.05) is 18.1 Å². The van der Waals surface area contributed by atoms with E-state index in [1.807, 2.05) is 32.9 Å². The van der Waals surface area contributed by atoms with Crippen molar-refractivity contribution in [2.45, 2.75) is 45.7 Å². The molecule has 1 aromatic carbocycles. The Labute approximate surface area is 171 Å². The summed E-state index contributed by atoms with van der Waals surface area (Å²) in [6.45, 7) is 5.13. The molecule has 8 heteroatoms. The zero-order valence-corrected chi connectivity index (χ0v) is 17.7. The van der Waals surface area contributed by atoms with E-state index in [0.717, 1.165) is 5.56 Å². The summed E-state index contributed by atoms with van der Waals surface area (Å²) in [5.41, 5.74) is 1.51. The van der Waals surface area contributed by atoms with Crippen LogP contribution >= 0.6 is 0 Å². The van der Waals surface area contributed by atoms with E-state index < -0.39 is 34.4 Å². The lowest BCUT2D eigenvalue weighted by molar-refractivity contribution is -0.150. The summed E-state index contributed by atoms with van der Waals surface area (Å²) in [5, 5.41) is 9.26. The Hall–Kier alpha value is -2.66. The van der Waals surface area contributed by atoms with E-state index >= 15 is 0 Å². The summed E-state index contributed by atoms with van der Waals surface area (Å²) < 4.78 is 28.7. The Morgan fingerprint density at radius 3 is 2.52 bits per heavy atom. The average molecular weight is 419 g/mol. The van der Waals surface area contributed by atoms with Crippen LogP contribution < -0.4 is 0 Å². The quantitative estimate of drug-likeness (QED) is 0.382. The Morgan fingerprint density at radius 1 is 1.34 bits per heavy atom.